The Labute approximate surface area is 205 Å². The van der Waals surface area contributed by atoms with Crippen molar-refractivity contribution in [1.29, 1.82) is 0 Å². The van der Waals surface area contributed by atoms with Crippen LogP contribution in [0.4, 0.5) is 10.7 Å². The van der Waals surface area contributed by atoms with Gasteiger partial charge >= 0.3 is 11.9 Å². The minimum Gasteiger partial charge on any atom is -0.465 e. The lowest BCUT2D eigenvalue weighted by Gasteiger charge is -2.12. The number of anilines is 2. The fourth-order valence-corrected chi connectivity index (χ4v) is 4.89. The summed E-state index contributed by atoms with van der Waals surface area (Å²) in [5.41, 5.74) is 3.99. The fourth-order valence-electron chi connectivity index (χ4n) is 3.30. The van der Waals surface area contributed by atoms with Crippen molar-refractivity contribution in [2.24, 2.45) is 0 Å². The first-order chi connectivity index (χ1) is 15.7. The number of rotatable bonds is 6. The molecular weight excluding hydrogens is 484 g/mol. The summed E-state index contributed by atoms with van der Waals surface area (Å²) < 4.78 is 11.5. The highest BCUT2D eigenvalue weighted by atomic mass is 35.5. The van der Waals surface area contributed by atoms with Crippen LogP contribution in [0.5, 0.6) is 0 Å². The molecule has 0 aliphatic rings. The highest BCUT2D eigenvalue weighted by molar-refractivity contribution is 7.80. The first-order valence-electron chi connectivity index (χ1n) is 9.83. The molecule has 3 rings (SSSR count). The summed E-state index contributed by atoms with van der Waals surface area (Å²) in [5.74, 6) is -1.12. The summed E-state index contributed by atoms with van der Waals surface area (Å²) in [6.45, 7) is 5.95. The SMILES string of the molecule is COC(=O)c1sc(NC(=S)Nc2c(C)nn(Cc3ccccc3Cl)c2C)c(C(=O)OC)c1C. The Hall–Kier alpha value is -2.95. The standard InChI is InChI=1S/C22H23ClN4O4S2/c1-11-16(20(28)30-4)19(33-18(11)21(29)31-5)25-22(32)24-17-12(2)26-27(13(17)3)10-14-8-6-7-9-15(14)23/h6-9H,10H2,1-5H3,(H2,24,25,32). The normalized spacial score (nSPS) is 10.6. The summed E-state index contributed by atoms with van der Waals surface area (Å²) >= 11 is 12.8. The summed E-state index contributed by atoms with van der Waals surface area (Å²) in [6.07, 6.45) is 0. The molecule has 0 radical (unpaired) electrons. The Kier molecular flexibility index (Phi) is 7.72. The number of halogens is 1. The third-order valence-corrected chi connectivity index (χ3v) is 6.79. The van der Waals surface area contributed by atoms with E-state index in [1.807, 2.05) is 42.8 Å². The average Bonchev–Trinajstić information content (AvgIpc) is 3.24. The van der Waals surface area contributed by atoms with E-state index >= 15 is 0 Å². The highest BCUT2D eigenvalue weighted by Crippen LogP contribution is 2.34. The molecule has 8 nitrogen and oxygen atoms in total. The van der Waals surface area contributed by atoms with Crippen molar-refractivity contribution in [3.8, 4) is 0 Å². The van der Waals surface area contributed by atoms with Crippen molar-refractivity contribution in [2.45, 2.75) is 27.3 Å². The lowest BCUT2D eigenvalue weighted by Crippen LogP contribution is -2.21. The smallest absolute Gasteiger partial charge is 0.348 e. The number of thiocarbonyl (C=S) groups is 1. The lowest BCUT2D eigenvalue weighted by atomic mass is 10.1. The van der Waals surface area contributed by atoms with Gasteiger partial charge in [-0.05, 0) is 50.2 Å². The van der Waals surface area contributed by atoms with Crippen molar-refractivity contribution >= 4 is 62.9 Å². The first kappa shape index (κ1) is 24.7. The largest absolute Gasteiger partial charge is 0.465 e. The summed E-state index contributed by atoms with van der Waals surface area (Å²) in [5, 5.41) is 12.0. The lowest BCUT2D eigenvalue weighted by molar-refractivity contribution is 0.0601. The number of esters is 2. The van der Waals surface area contributed by atoms with Gasteiger partial charge in [-0.3, -0.25) is 4.68 Å². The van der Waals surface area contributed by atoms with Crippen molar-refractivity contribution in [2.75, 3.05) is 24.9 Å². The minimum absolute atomic E-state index is 0.231. The van der Waals surface area contributed by atoms with Crippen molar-refractivity contribution < 1.29 is 19.1 Å². The molecule has 0 aliphatic heterocycles. The van der Waals surface area contributed by atoms with Gasteiger partial charge in [0.1, 0.15) is 9.88 Å². The van der Waals surface area contributed by atoms with Crippen LogP contribution < -0.4 is 10.6 Å². The van der Waals surface area contributed by atoms with Gasteiger partial charge in [-0.1, -0.05) is 29.8 Å². The molecule has 0 bridgehead atoms. The molecular formula is C22H23ClN4O4S2. The van der Waals surface area contributed by atoms with E-state index in [0.29, 0.717) is 27.0 Å². The predicted molar refractivity (Wildman–Crippen MR) is 134 cm³/mol. The zero-order valence-corrected chi connectivity index (χ0v) is 21.1. The van der Waals surface area contributed by atoms with E-state index in [1.54, 1.807) is 6.92 Å². The molecule has 2 N–H and O–H groups in total. The van der Waals surface area contributed by atoms with Gasteiger partial charge in [0.25, 0.3) is 0 Å². The Morgan fingerprint density at radius 1 is 1.12 bits per heavy atom. The van der Waals surface area contributed by atoms with Crippen LogP contribution in [0.2, 0.25) is 5.02 Å². The molecule has 0 atom stereocenters. The zero-order chi connectivity index (χ0) is 24.3. The van der Waals surface area contributed by atoms with Crippen LogP contribution in [0.3, 0.4) is 0 Å². The van der Waals surface area contributed by atoms with Gasteiger partial charge in [0.15, 0.2) is 5.11 Å². The number of benzene rings is 1. The topological polar surface area (TPSA) is 94.5 Å². The maximum atomic E-state index is 12.3. The Morgan fingerprint density at radius 2 is 1.79 bits per heavy atom. The number of nitrogens with zero attached hydrogens (tertiary/aromatic N) is 2. The van der Waals surface area contributed by atoms with E-state index in [9.17, 15) is 9.59 Å². The quantitative estimate of drug-likeness (QED) is 0.358. The van der Waals surface area contributed by atoms with Crippen molar-refractivity contribution in [3.63, 3.8) is 0 Å². The molecule has 2 aromatic heterocycles. The van der Waals surface area contributed by atoms with Gasteiger partial charge in [0, 0.05) is 5.02 Å². The van der Waals surface area contributed by atoms with E-state index in [0.717, 1.165) is 34.0 Å². The molecule has 2 heterocycles. The first-order valence-corrected chi connectivity index (χ1v) is 11.4. The number of ether oxygens (including phenoxy) is 2. The molecule has 11 heteroatoms. The van der Waals surface area contributed by atoms with E-state index in [-0.39, 0.29) is 10.7 Å². The monoisotopic (exact) mass is 506 g/mol. The molecule has 0 saturated carbocycles. The van der Waals surface area contributed by atoms with Crippen LogP contribution in [0.25, 0.3) is 0 Å². The number of nitrogens with one attached hydrogen (secondary N) is 2. The second kappa shape index (κ2) is 10.3. The molecule has 1 aromatic carbocycles. The van der Waals surface area contributed by atoms with Crippen molar-refractivity contribution in [3.05, 3.63) is 62.2 Å². The third-order valence-electron chi connectivity index (χ3n) is 5.03. The van der Waals surface area contributed by atoms with Gasteiger partial charge in [0.05, 0.1) is 43.4 Å². The number of hydrogen-bond acceptors (Lipinski definition) is 7. The minimum atomic E-state index is -0.580. The van der Waals surface area contributed by atoms with Gasteiger partial charge < -0.3 is 20.1 Å². The number of thiophene rings is 1. The Morgan fingerprint density at radius 3 is 2.42 bits per heavy atom. The van der Waals surface area contributed by atoms with Crippen LogP contribution >= 0.6 is 35.2 Å². The van der Waals surface area contributed by atoms with Crippen LogP contribution in [0, 0.1) is 20.8 Å². The van der Waals surface area contributed by atoms with E-state index in [2.05, 4.69) is 15.7 Å². The fraction of sp³-hybridized carbons (Fsp3) is 0.273. The molecule has 0 fully saturated rings. The van der Waals surface area contributed by atoms with E-state index in [1.165, 1.54) is 14.2 Å². The number of aryl methyl sites for hydroxylation is 1. The Balaban J connectivity index is 1.84. The number of carbonyl (C=O) groups is 2. The van der Waals surface area contributed by atoms with Crippen LogP contribution in [-0.4, -0.2) is 41.1 Å². The van der Waals surface area contributed by atoms with Crippen LogP contribution in [-0.2, 0) is 16.0 Å². The number of methoxy groups -OCH3 is 2. The summed E-state index contributed by atoms with van der Waals surface area (Å²) in [7, 11) is 2.56. The highest BCUT2D eigenvalue weighted by Gasteiger charge is 2.26. The van der Waals surface area contributed by atoms with E-state index in [4.69, 9.17) is 33.3 Å². The number of hydrogen-bond donors (Lipinski definition) is 2. The number of carbonyl (C=O) groups excluding carboxylic acids is 2. The van der Waals surface area contributed by atoms with Crippen molar-refractivity contribution in [1.82, 2.24) is 9.78 Å². The summed E-state index contributed by atoms with van der Waals surface area (Å²) in [6, 6.07) is 7.59. The molecule has 0 amide bonds. The third kappa shape index (κ3) is 5.18. The predicted octanol–water partition coefficient (Wildman–Crippen LogP) is 4.95. The molecule has 174 valence electrons. The molecule has 3 aromatic rings. The van der Waals surface area contributed by atoms with Gasteiger partial charge in [-0.2, -0.15) is 5.10 Å². The molecule has 0 saturated heterocycles. The van der Waals surface area contributed by atoms with E-state index < -0.39 is 11.9 Å². The van der Waals surface area contributed by atoms with Crippen LogP contribution in [0.1, 0.15) is 42.5 Å². The maximum absolute atomic E-state index is 12.3. The zero-order valence-electron chi connectivity index (χ0n) is 18.7. The summed E-state index contributed by atoms with van der Waals surface area (Å²) in [4.78, 5) is 24.7. The molecule has 0 spiro atoms. The molecule has 33 heavy (non-hydrogen) atoms. The Bertz CT molecular complexity index is 1240. The maximum Gasteiger partial charge on any atom is 0.348 e. The van der Waals surface area contributed by atoms with Gasteiger partial charge in [0.2, 0.25) is 0 Å². The van der Waals surface area contributed by atoms with Gasteiger partial charge in [-0.15, -0.1) is 11.3 Å². The molecule has 0 unspecified atom stereocenters. The second-order valence-electron chi connectivity index (χ2n) is 7.12. The molecule has 0 aliphatic carbocycles. The number of aromatic nitrogens is 2. The average molecular weight is 507 g/mol. The van der Waals surface area contributed by atoms with Crippen LogP contribution in [0.15, 0.2) is 24.3 Å². The van der Waals surface area contributed by atoms with Gasteiger partial charge in [-0.25, -0.2) is 9.59 Å². The second-order valence-corrected chi connectivity index (χ2v) is 8.95.